The zero-order valence-corrected chi connectivity index (χ0v) is 14.2. The van der Waals surface area contributed by atoms with Crippen molar-refractivity contribution in [3.05, 3.63) is 63.2 Å². The highest BCUT2D eigenvalue weighted by atomic mass is 35.5. The quantitative estimate of drug-likeness (QED) is 0.896. The molecule has 0 radical (unpaired) electrons. The molecule has 23 heavy (non-hydrogen) atoms. The molecule has 0 bridgehead atoms. The summed E-state index contributed by atoms with van der Waals surface area (Å²) in [6.45, 7) is 1.97. The van der Waals surface area contributed by atoms with Crippen LogP contribution in [0.4, 0.5) is 0 Å². The average Bonchev–Trinajstić information content (AvgIpc) is 2.94. The Labute approximate surface area is 142 Å². The summed E-state index contributed by atoms with van der Waals surface area (Å²) in [4.78, 5) is 0. The van der Waals surface area contributed by atoms with Crippen LogP contribution in [-0.2, 0) is 19.3 Å². The lowest BCUT2D eigenvalue weighted by Crippen LogP contribution is -2.21. The molecule has 1 atom stereocenters. The molecule has 2 aromatic rings. The summed E-state index contributed by atoms with van der Waals surface area (Å²) in [5.41, 5.74) is 7.17. The molecule has 1 unspecified atom stereocenters. The van der Waals surface area contributed by atoms with Gasteiger partial charge in [-0.15, -0.1) is 0 Å². The van der Waals surface area contributed by atoms with Crippen molar-refractivity contribution in [2.45, 2.75) is 31.6 Å². The normalized spacial score (nSPS) is 19.8. The van der Waals surface area contributed by atoms with Gasteiger partial charge in [-0.1, -0.05) is 29.8 Å². The van der Waals surface area contributed by atoms with Gasteiger partial charge in [0.05, 0.1) is 12.1 Å². The van der Waals surface area contributed by atoms with E-state index in [0.29, 0.717) is 10.9 Å². The van der Waals surface area contributed by atoms with E-state index in [9.17, 15) is 0 Å². The van der Waals surface area contributed by atoms with Crippen LogP contribution in [0.1, 0.15) is 40.2 Å². The van der Waals surface area contributed by atoms with Crippen molar-refractivity contribution in [3.63, 3.8) is 0 Å². The molecule has 2 nitrogen and oxygen atoms in total. The fourth-order valence-electron chi connectivity index (χ4n) is 3.99. The molecule has 0 amide bonds. The molecular formula is C20H22ClNO. The lowest BCUT2D eigenvalue weighted by molar-refractivity contribution is 0.414. The van der Waals surface area contributed by atoms with Crippen molar-refractivity contribution in [1.82, 2.24) is 5.32 Å². The van der Waals surface area contributed by atoms with Gasteiger partial charge in [-0.25, -0.2) is 0 Å². The maximum atomic E-state index is 6.34. The van der Waals surface area contributed by atoms with E-state index in [1.54, 1.807) is 7.11 Å². The van der Waals surface area contributed by atoms with Crippen molar-refractivity contribution in [2.75, 3.05) is 20.2 Å². The summed E-state index contributed by atoms with van der Waals surface area (Å²) in [5, 5.41) is 4.29. The maximum Gasteiger partial charge on any atom is 0.137 e. The van der Waals surface area contributed by atoms with Gasteiger partial charge < -0.3 is 10.1 Å². The molecule has 3 heteroatoms. The van der Waals surface area contributed by atoms with Gasteiger partial charge in [-0.2, -0.15) is 0 Å². The molecule has 1 aliphatic heterocycles. The van der Waals surface area contributed by atoms with Gasteiger partial charge >= 0.3 is 0 Å². The van der Waals surface area contributed by atoms with Crippen molar-refractivity contribution in [2.24, 2.45) is 0 Å². The van der Waals surface area contributed by atoms with E-state index in [1.807, 2.05) is 0 Å². The number of hydrogen-bond acceptors (Lipinski definition) is 2. The fourth-order valence-corrected chi connectivity index (χ4v) is 4.26. The third kappa shape index (κ3) is 2.75. The summed E-state index contributed by atoms with van der Waals surface area (Å²) in [6.07, 6.45) is 4.76. The predicted molar refractivity (Wildman–Crippen MR) is 94.9 cm³/mol. The number of nitrogens with one attached hydrogen (secondary N) is 1. The Bertz CT molecular complexity index is 741. The van der Waals surface area contributed by atoms with Crippen LogP contribution in [0.25, 0.3) is 0 Å². The van der Waals surface area contributed by atoms with Gasteiger partial charge in [-0.3, -0.25) is 0 Å². The molecule has 4 rings (SSSR count). The zero-order valence-electron chi connectivity index (χ0n) is 13.5. The molecule has 0 fully saturated rings. The van der Waals surface area contributed by atoms with Crippen LogP contribution in [0.3, 0.4) is 0 Å². The van der Waals surface area contributed by atoms with Crippen LogP contribution in [-0.4, -0.2) is 20.2 Å². The summed E-state index contributed by atoms with van der Waals surface area (Å²) in [5.74, 6) is 1.14. The molecule has 1 aliphatic carbocycles. The van der Waals surface area contributed by atoms with Gasteiger partial charge in [0.25, 0.3) is 0 Å². The summed E-state index contributed by atoms with van der Waals surface area (Å²) in [7, 11) is 1.69. The van der Waals surface area contributed by atoms with Crippen molar-refractivity contribution >= 4 is 11.6 Å². The Balaban J connectivity index is 1.80. The van der Waals surface area contributed by atoms with E-state index in [0.717, 1.165) is 25.3 Å². The Morgan fingerprint density at radius 1 is 1.04 bits per heavy atom. The zero-order chi connectivity index (χ0) is 15.8. The van der Waals surface area contributed by atoms with Crippen molar-refractivity contribution in [1.29, 1.82) is 0 Å². The SMILES string of the molecule is COc1cc2c(cc1Cl)CCNCC2c1ccc2c(c1)CCC2. The Morgan fingerprint density at radius 2 is 1.91 bits per heavy atom. The number of aryl methyl sites for hydroxylation is 2. The molecule has 1 N–H and O–H groups in total. The topological polar surface area (TPSA) is 21.3 Å². The minimum absolute atomic E-state index is 0.365. The van der Waals surface area contributed by atoms with E-state index >= 15 is 0 Å². The fraction of sp³-hybridized carbons (Fsp3) is 0.400. The highest BCUT2D eigenvalue weighted by molar-refractivity contribution is 6.32. The van der Waals surface area contributed by atoms with Gasteiger partial charge in [0.2, 0.25) is 0 Å². The van der Waals surface area contributed by atoms with E-state index < -0.39 is 0 Å². The first-order chi connectivity index (χ1) is 11.3. The second-order valence-corrected chi connectivity index (χ2v) is 6.98. The van der Waals surface area contributed by atoms with Crippen LogP contribution in [0, 0.1) is 0 Å². The monoisotopic (exact) mass is 327 g/mol. The summed E-state index contributed by atoms with van der Waals surface area (Å²) in [6, 6.07) is 11.3. The van der Waals surface area contributed by atoms with Gasteiger partial charge in [0, 0.05) is 12.5 Å². The predicted octanol–water partition coefficient (Wildman–Crippen LogP) is 4.11. The van der Waals surface area contributed by atoms with Crippen molar-refractivity contribution in [3.8, 4) is 5.75 Å². The molecule has 1 heterocycles. The number of rotatable bonds is 2. The molecule has 0 saturated heterocycles. The van der Waals surface area contributed by atoms with Gasteiger partial charge in [0.1, 0.15) is 5.75 Å². The van der Waals surface area contributed by atoms with Gasteiger partial charge in [0.15, 0.2) is 0 Å². The van der Waals surface area contributed by atoms with E-state index in [2.05, 4.69) is 35.6 Å². The van der Waals surface area contributed by atoms with Crippen LogP contribution in [0.5, 0.6) is 5.75 Å². The Kier molecular flexibility index (Phi) is 4.04. The second kappa shape index (κ2) is 6.18. The maximum absolute atomic E-state index is 6.34. The summed E-state index contributed by atoms with van der Waals surface area (Å²) < 4.78 is 5.46. The Morgan fingerprint density at radius 3 is 2.78 bits per heavy atom. The number of methoxy groups -OCH3 is 1. The first-order valence-electron chi connectivity index (χ1n) is 8.45. The van der Waals surface area contributed by atoms with Crippen LogP contribution in [0.2, 0.25) is 5.02 Å². The van der Waals surface area contributed by atoms with E-state index in [1.165, 1.54) is 47.1 Å². The molecule has 2 aromatic carbocycles. The molecule has 0 saturated carbocycles. The van der Waals surface area contributed by atoms with E-state index in [4.69, 9.17) is 16.3 Å². The van der Waals surface area contributed by atoms with Crippen LogP contribution >= 0.6 is 11.6 Å². The third-order valence-electron chi connectivity index (χ3n) is 5.23. The largest absolute Gasteiger partial charge is 0.495 e. The highest BCUT2D eigenvalue weighted by Gasteiger charge is 2.23. The number of benzene rings is 2. The van der Waals surface area contributed by atoms with Crippen molar-refractivity contribution < 1.29 is 4.74 Å². The lowest BCUT2D eigenvalue weighted by atomic mass is 9.86. The first-order valence-corrected chi connectivity index (χ1v) is 8.83. The lowest BCUT2D eigenvalue weighted by Gasteiger charge is -2.20. The molecule has 120 valence electrons. The number of halogens is 1. The number of hydrogen-bond donors (Lipinski definition) is 1. The molecule has 0 spiro atoms. The van der Waals surface area contributed by atoms with Crippen LogP contribution < -0.4 is 10.1 Å². The first kappa shape index (κ1) is 15.0. The Hall–Kier alpha value is -1.51. The minimum Gasteiger partial charge on any atom is -0.495 e. The third-order valence-corrected chi connectivity index (χ3v) is 5.53. The number of ether oxygens (including phenoxy) is 1. The molecular weight excluding hydrogens is 306 g/mol. The van der Waals surface area contributed by atoms with Gasteiger partial charge in [-0.05, 0) is 72.2 Å². The highest BCUT2D eigenvalue weighted by Crippen LogP contribution is 2.37. The number of fused-ring (bicyclic) bond motifs is 2. The smallest absolute Gasteiger partial charge is 0.137 e. The minimum atomic E-state index is 0.365. The molecule has 2 aliphatic rings. The van der Waals surface area contributed by atoms with Crippen LogP contribution in [0.15, 0.2) is 30.3 Å². The standard InChI is InChI=1S/C20H22ClNO/c1-23-20-11-17-16(10-19(20)21)7-8-22-12-18(17)15-6-5-13-3-2-4-14(13)9-15/h5-6,9-11,18,22H,2-4,7-8,12H2,1H3. The van der Waals surface area contributed by atoms with E-state index in [-0.39, 0.29) is 0 Å². The second-order valence-electron chi connectivity index (χ2n) is 6.57. The average molecular weight is 328 g/mol. The molecule has 0 aromatic heterocycles. The summed E-state index contributed by atoms with van der Waals surface area (Å²) >= 11 is 6.34.